The third kappa shape index (κ3) is 4.81. The molecule has 2 rings (SSSR count). The minimum absolute atomic E-state index is 0.337. The maximum absolute atomic E-state index is 4.54. The molecule has 2 aromatic heterocycles. The smallest absolute Gasteiger partial charge is 0.191 e. The van der Waals surface area contributed by atoms with Crippen molar-refractivity contribution in [2.45, 2.75) is 46.7 Å². The molecule has 0 aliphatic heterocycles. The van der Waals surface area contributed by atoms with E-state index in [2.05, 4.69) is 53.5 Å². The minimum atomic E-state index is 0.337. The lowest BCUT2D eigenvalue weighted by Gasteiger charge is -2.17. The lowest BCUT2D eigenvalue weighted by atomic mass is 10.2. The Bertz CT molecular complexity index is 623. The van der Waals surface area contributed by atoms with E-state index in [-0.39, 0.29) is 0 Å². The molecule has 2 aromatic rings. The van der Waals surface area contributed by atoms with E-state index in [0.717, 1.165) is 23.1 Å². The molecule has 6 heteroatoms. The standard InChI is InChI=1S/C16H24N4S2/c1-10(8-14-7-6-11(2)21-14)19-16(17-5)18-9-15-20-12(3)13(4)22-15/h6-7,10H,8-9H2,1-5H3,(H2,17,18,19). The Balaban J connectivity index is 1.83. The average molecular weight is 337 g/mol. The minimum Gasteiger partial charge on any atom is -0.354 e. The van der Waals surface area contributed by atoms with E-state index in [9.17, 15) is 0 Å². The molecule has 0 amide bonds. The van der Waals surface area contributed by atoms with Crippen molar-refractivity contribution in [1.82, 2.24) is 15.6 Å². The molecule has 22 heavy (non-hydrogen) atoms. The van der Waals surface area contributed by atoms with Gasteiger partial charge in [-0.05, 0) is 39.8 Å². The second-order valence-corrected chi connectivity index (χ2v) is 8.10. The number of hydrogen-bond acceptors (Lipinski definition) is 4. The van der Waals surface area contributed by atoms with Crippen LogP contribution in [0.5, 0.6) is 0 Å². The molecule has 0 bridgehead atoms. The molecule has 0 aliphatic carbocycles. The largest absolute Gasteiger partial charge is 0.354 e. The van der Waals surface area contributed by atoms with Crippen LogP contribution in [0.2, 0.25) is 0 Å². The summed E-state index contributed by atoms with van der Waals surface area (Å²) >= 11 is 3.59. The highest BCUT2D eigenvalue weighted by atomic mass is 32.1. The topological polar surface area (TPSA) is 49.3 Å². The highest BCUT2D eigenvalue weighted by Gasteiger charge is 2.09. The highest BCUT2D eigenvalue weighted by Crippen LogP contribution is 2.17. The third-order valence-corrected chi connectivity index (χ3v) is 5.49. The number of guanidine groups is 1. The maximum atomic E-state index is 4.54. The van der Waals surface area contributed by atoms with Gasteiger partial charge in [-0.15, -0.1) is 22.7 Å². The van der Waals surface area contributed by atoms with Gasteiger partial charge in [0.05, 0.1) is 12.2 Å². The Morgan fingerprint density at radius 3 is 2.59 bits per heavy atom. The summed E-state index contributed by atoms with van der Waals surface area (Å²) in [4.78, 5) is 12.9. The highest BCUT2D eigenvalue weighted by molar-refractivity contribution is 7.12. The zero-order chi connectivity index (χ0) is 16.1. The van der Waals surface area contributed by atoms with Crippen molar-refractivity contribution < 1.29 is 0 Å². The molecule has 0 aliphatic rings. The fraction of sp³-hybridized carbons (Fsp3) is 0.500. The van der Waals surface area contributed by atoms with Gasteiger partial charge in [0.15, 0.2) is 5.96 Å². The normalized spacial score (nSPS) is 13.2. The van der Waals surface area contributed by atoms with Gasteiger partial charge < -0.3 is 10.6 Å². The molecule has 4 nitrogen and oxygen atoms in total. The Hall–Kier alpha value is -1.40. The van der Waals surface area contributed by atoms with Gasteiger partial charge in [0.2, 0.25) is 0 Å². The summed E-state index contributed by atoms with van der Waals surface area (Å²) in [5, 5.41) is 7.87. The molecule has 0 aromatic carbocycles. The quantitative estimate of drug-likeness (QED) is 0.650. The van der Waals surface area contributed by atoms with Gasteiger partial charge in [-0.1, -0.05) is 0 Å². The zero-order valence-corrected chi connectivity index (χ0v) is 15.5. The van der Waals surface area contributed by atoms with Crippen molar-refractivity contribution in [2.24, 2.45) is 4.99 Å². The van der Waals surface area contributed by atoms with E-state index in [4.69, 9.17) is 0 Å². The number of hydrogen-bond donors (Lipinski definition) is 2. The number of aliphatic imine (C=N–C) groups is 1. The summed E-state index contributed by atoms with van der Waals surface area (Å²) in [6.07, 6.45) is 1.01. The molecule has 120 valence electrons. The first kappa shape index (κ1) is 17.0. The summed E-state index contributed by atoms with van der Waals surface area (Å²) in [6, 6.07) is 4.71. The molecule has 0 saturated carbocycles. The SMILES string of the molecule is CN=C(NCc1nc(C)c(C)s1)NC(C)Cc1ccc(C)s1. The van der Waals surface area contributed by atoms with Crippen molar-refractivity contribution in [3.63, 3.8) is 0 Å². The van der Waals surface area contributed by atoms with Crippen LogP contribution in [0.3, 0.4) is 0 Å². The van der Waals surface area contributed by atoms with Crippen LogP contribution >= 0.6 is 22.7 Å². The van der Waals surface area contributed by atoms with Gasteiger partial charge in [0.1, 0.15) is 5.01 Å². The summed E-state index contributed by atoms with van der Waals surface area (Å²) in [5.41, 5.74) is 1.12. The predicted octanol–water partition coefficient (Wildman–Crippen LogP) is 3.43. The number of thiophene rings is 1. The average Bonchev–Trinajstić information content (AvgIpc) is 3.01. The number of nitrogens with zero attached hydrogens (tertiary/aromatic N) is 2. The molecule has 2 N–H and O–H groups in total. The van der Waals surface area contributed by atoms with Crippen LogP contribution in [0, 0.1) is 20.8 Å². The van der Waals surface area contributed by atoms with Gasteiger partial charge in [-0.25, -0.2) is 4.98 Å². The van der Waals surface area contributed by atoms with Crippen LogP contribution in [-0.2, 0) is 13.0 Å². The summed E-state index contributed by atoms with van der Waals surface area (Å²) in [5.74, 6) is 0.825. The Kier molecular flexibility index (Phi) is 5.97. The van der Waals surface area contributed by atoms with Crippen LogP contribution in [0.4, 0.5) is 0 Å². The number of aromatic nitrogens is 1. The molecule has 1 unspecified atom stereocenters. The number of thiazole rings is 1. The zero-order valence-electron chi connectivity index (χ0n) is 13.9. The molecular formula is C16H24N4S2. The van der Waals surface area contributed by atoms with Crippen molar-refractivity contribution >= 4 is 28.6 Å². The molecule has 2 heterocycles. The van der Waals surface area contributed by atoms with Crippen LogP contribution in [0.15, 0.2) is 17.1 Å². The lowest BCUT2D eigenvalue weighted by molar-refractivity contribution is 0.644. The lowest BCUT2D eigenvalue weighted by Crippen LogP contribution is -2.42. The molecular weight excluding hydrogens is 312 g/mol. The van der Waals surface area contributed by atoms with Crippen LogP contribution in [0.25, 0.3) is 0 Å². The Morgan fingerprint density at radius 2 is 2.05 bits per heavy atom. The number of nitrogens with one attached hydrogen (secondary N) is 2. The third-order valence-electron chi connectivity index (χ3n) is 3.39. The van der Waals surface area contributed by atoms with Gasteiger partial charge in [-0.2, -0.15) is 0 Å². The first-order valence-electron chi connectivity index (χ1n) is 7.43. The van der Waals surface area contributed by atoms with Crippen molar-refractivity contribution in [3.05, 3.63) is 37.5 Å². The first-order valence-corrected chi connectivity index (χ1v) is 9.06. The van der Waals surface area contributed by atoms with E-state index < -0.39 is 0 Å². The number of aryl methyl sites for hydroxylation is 3. The second-order valence-electron chi connectivity index (χ2n) is 5.44. The predicted molar refractivity (Wildman–Crippen MR) is 97.1 cm³/mol. The molecule has 1 atom stereocenters. The number of rotatable bonds is 5. The molecule has 0 radical (unpaired) electrons. The fourth-order valence-corrected chi connectivity index (χ4v) is 4.04. The van der Waals surface area contributed by atoms with Gasteiger partial charge >= 0.3 is 0 Å². The fourth-order valence-electron chi connectivity index (χ4n) is 2.15. The van der Waals surface area contributed by atoms with Crippen molar-refractivity contribution in [3.8, 4) is 0 Å². The maximum Gasteiger partial charge on any atom is 0.191 e. The summed E-state index contributed by atoms with van der Waals surface area (Å²) in [6.45, 7) is 9.19. The Morgan fingerprint density at radius 1 is 1.27 bits per heavy atom. The van der Waals surface area contributed by atoms with E-state index >= 15 is 0 Å². The second kappa shape index (κ2) is 7.74. The van der Waals surface area contributed by atoms with Crippen molar-refractivity contribution in [2.75, 3.05) is 7.05 Å². The van der Waals surface area contributed by atoms with E-state index in [1.807, 2.05) is 18.3 Å². The molecule has 0 saturated heterocycles. The van der Waals surface area contributed by atoms with E-state index in [1.54, 1.807) is 18.4 Å². The summed E-state index contributed by atoms with van der Waals surface area (Å²) in [7, 11) is 1.80. The monoisotopic (exact) mass is 336 g/mol. The van der Waals surface area contributed by atoms with E-state index in [1.165, 1.54) is 14.6 Å². The van der Waals surface area contributed by atoms with Gasteiger partial charge in [0, 0.05) is 34.1 Å². The van der Waals surface area contributed by atoms with Crippen molar-refractivity contribution in [1.29, 1.82) is 0 Å². The first-order chi connectivity index (χ1) is 10.5. The van der Waals surface area contributed by atoms with Crippen LogP contribution < -0.4 is 10.6 Å². The Labute approximate surface area is 140 Å². The van der Waals surface area contributed by atoms with Gasteiger partial charge in [0.25, 0.3) is 0 Å². The molecule has 0 fully saturated rings. The van der Waals surface area contributed by atoms with E-state index in [0.29, 0.717) is 12.6 Å². The van der Waals surface area contributed by atoms with Crippen LogP contribution in [-0.4, -0.2) is 24.0 Å². The summed E-state index contributed by atoms with van der Waals surface area (Å²) < 4.78 is 0. The van der Waals surface area contributed by atoms with Gasteiger partial charge in [-0.3, -0.25) is 4.99 Å². The van der Waals surface area contributed by atoms with Crippen LogP contribution in [0.1, 0.15) is 32.3 Å². The molecule has 0 spiro atoms.